The Labute approximate surface area is 133 Å². The number of para-hydroxylation sites is 1. The minimum atomic E-state index is -0.636. The molecule has 2 N–H and O–H groups in total. The van der Waals surface area contributed by atoms with Gasteiger partial charge in [-0.2, -0.15) is 0 Å². The molecule has 21 heavy (non-hydrogen) atoms. The van der Waals surface area contributed by atoms with E-state index >= 15 is 0 Å². The van der Waals surface area contributed by atoms with E-state index in [1.54, 1.807) is 6.92 Å². The Hall–Kier alpha value is -1.26. The van der Waals surface area contributed by atoms with Crippen LogP contribution < -0.4 is 10.5 Å². The van der Waals surface area contributed by atoms with Crippen molar-refractivity contribution in [1.82, 2.24) is 0 Å². The number of benzene rings is 1. The number of ether oxygens (including phenoxy) is 2. The van der Waals surface area contributed by atoms with E-state index in [-0.39, 0.29) is 19.2 Å². The van der Waals surface area contributed by atoms with Crippen molar-refractivity contribution in [1.29, 1.82) is 0 Å². The van der Waals surface area contributed by atoms with Crippen LogP contribution in [0.4, 0.5) is 0 Å². The van der Waals surface area contributed by atoms with Gasteiger partial charge in [-0.1, -0.05) is 45.9 Å². The molecular weight excluding hydrogens is 290 g/mol. The summed E-state index contributed by atoms with van der Waals surface area (Å²) in [5.74, 6) is 1.04. The maximum Gasteiger partial charge on any atom is 0.325 e. The normalized spacial score (nSPS) is 12.0. The van der Waals surface area contributed by atoms with Crippen molar-refractivity contribution in [3.63, 3.8) is 0 Å². The fourth-order valence-electron chi connectivity index (χ4n) is 1.93. The fraction of sp³-hybridized carbons (Fsp3) is 0.562. The molecule has 0 heterocycles. The summed E-state index contributed by atoms with van der Waals surface area (Å²) in [6.07, 6.45) is 0. The van der Waals surface area contributed by atoms with Crippen molar-refractivity contribution >= 4 is 18.4 Å². The van der Waals surface area contributed by atoms with Gasteiger partial charge in [0.15, 0.2) is 0 Å². The van der Waals surface area contributed by atoms with Gasteiger partial charge in [-0.05, 0) is 29.9 Å². The van der Waals surface area contributed by atoms with Crippen LogP contribution in [0.2, 0.25) is 0 Å². The third-order valence-corrected chi connectivity index (χ3v) is 3.10. The van der Waals surface area contributed by atoms with Gasteiger partial charge in [-0.15, -0.1) is 12.4 Å². The number of esters is 1. The summed E-state index contributed by atoms with van der Waals surface area (Å²) in [5, 5.41) is 0. The molecule has 0 radical (unpaired) electrons. The van der Waals surface area contributed by atoms with E-state index in [9.17, 15) is 4.79 Å². The van der Waals surface area contributed by atoms with Crippen molar-refractivity contribution in [2.75, 3.05) is 6.79 Å². The van der Waals surface area contributed by atoms with Crippen LogP contribution in [0.15, 0.2) is 18.2 Å². The van der Waals surface area contributed by atoms with Crippen LogP contribution in [0.3, 0.4) is 0 Å². The minimum absolute atomic E-state index is 0. The monoisotopic (exact) mass is 315 g/mol. The molecule has 0 amide bonds. The average molecular weight is 316 g/mol. The molecule has 0 aromatic heterocycles. The number of carbonyl (C=O) groups is 1. The van der Waals surface area contributed by atoms with Crippen LogP contribution >= 0.6 is 12.4 Å². The first kappa shape index (κ1) is 19.7. The maximum atomic E-state index is 11.3. The highest BCUT2D eigenvalue weighted by atomic mass is 35.5. The summed E-state index contributed by atoms with van der Waals surface area (Å²) >= 11 is 0. The highest BCUT2D eigenvalue weighted by molar-refractivity contribution is 5.85. The number of nitrogens with two attached hydrogens (primary N) is 1. The lowest BCUT2D eigenvalue weighted by Crippen LogP contribution is -2.30. The molecular formula is C16H26ClNO3. The Kier molecular flexibility index (Phi) is 8.37. The largest absolute Gasteiger partial charge is 0.457 e. The molecule has 4 nitrogen and oxygen atoms in total. The molecule has 0 spiro atoms. The molecule has 0 bridgehead atoms. The van der Waals surface area contributed by atoms with Gasteiger partial charge in [-0.3, -0.25) is 4.79 Å². The molecule has 0 aliphatic rings. The van der Waals surface area contributed by atoms with Gasteiger partial charge in [0.1, 0.15) is 11.8 Å². The van der Waals surface area contributed by atoms with Crippen LogP contribution in [0.25, 0.3) is 0 Å². The molecule has 0 saturated heterocycles. The molecule has 0 saturated carbocycles. The average Bonchev–Trinajstić information content (AvgIpc) is 2.37. The van der Waals surface area contributed by atoms with Gasteiger partial charge in [-0.25, -0.2) is 0 Å². The maximum absolute atomic E-state index is 11.3. The van der Waals surface area contributed by atoms with Crippen LogP contribution in [-0.2, 0) is 9.53 Å². The number of carbonyl (C=O) groups excluding carboxylic acids is 1. The highest BCUT2D eigenvalue weighted by Crippen LogP contribution is 2.34. The second-order valence-electron chi connectivity index (χ2n) is 5.59. The van der Waals surface area contributed by atoms with Gasteiger partial charge < -0.3 is 15.2 Å². The zero-order valence-electron chi connectivity index (χ0n) is 13.4. The zero-order chi connectivity index (χ0) is 15.3. The zero-order valence-corrected chi connectivity index (χ0v) is 14.2. The molecule has 1 unspecified atom stereocenters. The third kappa shape index (κ3) is 5.56. The second kappa shape index (κ2) is 8.90. The fourth-order valence-corrected chi connectivity index (χ4v) is 1.93. The Balaban J connectivity index is 0.00000400. The lowest BCUT2D eigenvalue weighted by molar-refractivity contribution is -0.151. The van der Waals surface area contributed by atoms with Crippen molar-refractivity contribution in [2.24, 2.45) is 5.73 Å². The Morgan fingerprint density at radius 2 is 1.57 bits per heavy atom. The summed E-state index contributed by atoms with van der Waals surface area (Å²) in [6, 6.07) is 5.48. The topological polar surface area (TPSA) is 61.6 Å². The van der Waals surface area contributed by atoms with E-state index < -0.39 is 12.0 Å². The van der Waals surface area contributed by atoms with E-state index in [0.717, 1.165) is 16.9 Å². The first-order chi connectivity index (χ1) is 9.34. The number of hydrogen-bond acceptors (Lipinski definition) is 4. The summed E-state index contributed by atoms with van der Waals surface area (Å²) in [4.78, 5) is 11.3. The van der Waals surface area contributed by atoms with Crippen molar-refractivity contribution in [2.45, 2.75) is 52.5 Å². The number of hydrogen-bond donors (Lipinski definition) is 1. The van der Waals surface area contributed by atoms with Gasteiger partial charge in [0.25, 0.3) is 0 Å². The first-order valence-electron chi connectivity index (χ1n) is 7.02. The molecule has 120 valence electrons. The van der Waals surface area contributed by atoms with Gasteiger partial charge in [0, 0.05) is 0 Å². The molecule has 1 atom stereocenters. The standard InChI is InChI=1S/C16H25NO3.ClH/c1-10(2)13-7-6-8-14(11(3)4)15(13)19-9-20-16(18)12(5)17;/h6-8,10-12H,9,17H2,1-5H3;1H. The Bertz CT molecular complexity index is 433. The Morgan fingerprint density at radius 3 is 1.95 bits per heavy atom. The quantitative estimate of drug-likeness (QED) is 0.644. The highest BCUT2D eigenvalue weighted by Gasteiger charge is 2.16. The number of halogens is 1. The molecule has 1 aromatic rings. The first-order valence-corrected chi connectivity index (χ1v) is 7.02. The third-order valence-electron chi connectivity index (χ3n) is 3.10. The van der Waals surface area contributed by atoms with E-state index in [4.69, 9.17) is 15.2 Å². The predicted molar refractivity (Wildman–Crippen MR) is 87.1 cm³/mol. The minimum Gasteiger partial charge on any atom is -0.457 e. The summed E-state index contributed by atoms with van der Waals surface area (Å²) in [6.45, 7) is 9.93. The van der Waals surface area contributed by atoms with Gasteiger partial charge in [0.05, 0.1) is 0 Å². The van der Waals surface area contributed by atoms with Crippen molar-refractivity contribution in [3.8, 4) is 5.75 Å². The van der Waals surface area contributed by atoms with Crippen molar-refractivity contribution < 1.29 is 14.3 Å². The van der Waals surface area contributed by atoms with E-state index in [1.165, 1.54) is 0 Å². The molecule has 0 aliphatic carbocycles. The molecule has 5 heteroatoms. The molecule has 0 aliphatic heterocycles. The van der Waals surface area contributed by atoms with Gasteiger partial charge in [0.2, 0.25) is 6.79 Å². The molecule has 1 aromatic carbocycles. The summed E-state index contributed by atoms with van der Waals surface area (Å²) in [5.41, 5.74) is 7.68. The van der Waals surface area contributed by atoms with Gasteiger partial charge >= 0.3 is 5.97 Å². The lowest BCUT2D eigenvalue weighted by atomic mass is 9.94. The lowest BCUT2D eigenvalue weighted by Gasteiger charge is -2.20. The SMILES string of the molecule is CC(N)C(=O)OCOc1c(C(C)C)cccc1C(C)C.Cl. The van der Waals surface area contributed by atoms with Crippen LogP contribution in [-0.4, -0.2) is 18.8 Å². The van der Waals surface area contributed by atoms with E-state index in [0.29, 0.717) is 11.8 Å². The smallest absolute Gasteiger partial charge is 0.325 e. The van der Waals surface area contributed by atoms with E-state index in [1.807, 2.05) is 18.2 Å². The predicted octanol–water partition coefficient (Wildman–Crippen LogP) is 3.58. The van der Waals surface area contributed by atoms with Crippen LogP contribution in [0, 0.1) is 0 Å². The molecule has 0 fully saturated rings. The van der Waals surface area contributed by atoms with Crippen LogP contribution in [0.1, 0.15) is 57.6 Å². The summed E-state index contributed by atoms with van der Waals surface area (Å²) < 4.78 is 10.7. The molecule has 1 rings (SSSR count). The van der Waals surface area contributed by atoms with Crippen molar-refractivity contribution in [3.05, 3.63) is 29.3 Å². The summed E-state index contributed by atoms with van der Waals surface area (Å²) in [7, 11) is 0. The second-order valence-corrected chi connectivity index (χ2v) is 5.59. The van der Waals surface area contributed by atoms with E-state index in [2.05, 4.69) is 27.7 Å². The van der Waals surface area contributed by atoms with Crippen LogP contribution in [0.5, 0.6) is 5.75 Å². The number of rotatable bonds is 6. The Morgan fingerprint density at radius 1 is 1.10 bits per heavy atom.